The van der Waals surface area contributed by atoms with E-state index in [9.17, 15) is 13.2 Å². The Morgan fingerprint density at radius 2 is 1.83 bits per heavy atom. The van der Waals surface area contributed by atoms with E-state index in [1.165, 1.54) is 18.2 Å². The number of hydrogen-bond donors (Lipinski definition) is 2. The van der Waals surface area contributed by atoms with Crippen LogP contribution in [0, 0.1) is 6.92 Å². The van der Waals surface area contributed by atoms with Crippen LogP contribution in [-0.2, 0) is 22.1 Å². The smallest absolute Gasteiger partial charge is 0.252 e. The highest BCUT2D eigenvalue weighted by molar-refractivity contribution is 7.89. The van der Waals surface area contributed by atoms with E-state index in [4.69, 9.17) is 4.52 Å². The number of aryl methyl sites for hydroxylation is 1. The molecule has 0 saturated heterocycles. The molecule has 0 unspecified atom stereocenters. The lowest BCUT2D eigenvalue weighted by Crippen LogP contribution is -2.42. The Balaban J connectivity index is 1.75. The highest BCUT2D eigenvalue weighted by Gasteiger charge is 2.29. The fraction of sp³-hybridized carbons (Fsp3) is 0.250. The molecule has 3 rings (SSSR count). The normalized spacial score (nSPS) is 12.0. The van der Waals surface area contributed by atoms with E-state index < -0.39 is 21.5 Å². The molecule has 1 heterocycles. The Kier molecular flexibility index (Phi) is 5.81. The molecular weight excluding hydrogens is 392 g/mol. The summed E-state index contributed by atoms with van der Waals surface area (Å²) >= 11 is 0. The Morgan fingerprint density at radius 3 is 2.48 bits per heavy atom. The van der Waals surface area contributed by atoms with Crippen molar-refractivity contribution in [1.29, 1.82) is 0 Å². The first-order valence-corrected chi connectivity index (χ1v) is 10.4. The second-order valence-corrected chi connectivity index (χ2v) is 8.82. The lowest BCUT2D eigenvalue weighted by molar-refractivity contribution is 0.0907. The molecule has 1 aromatic heterocycles. The molecule has 0 radical (unpaired) electrons. The van der Waals surface area contributed by atoms with E-state index in [-0.39, 0.29) is 17.0 Å². The molecule has 1 amide bonds. The quantitative estimate of drug-likeness (QED) is 0.614. The Morgan fingerprint density at radius 1 is 1.10 bits per heavy atom. The molecule has 0 aliphatic rings. The van der Waals surface area contributed by atoms with Gasteiger partial charge in [0, 0.05) is 19.0 Å². The van der Waals surface area contributed by atoms with Crippen LogP contribution in [-0.4, -0.2) is 24.5 Å². The highest BCUT2D eigenvalue weighted by Crippen LogP contribution is 2.19. The second kappa shape index (κ2) is 8.14. The maximum Gasteiger partial charge on any atom is 0.252 e. The summed E-state index contributed by atoms with van der Waals surface area (Å²) in [6, 6.07) is 15.0. The SMILES string of the molecule is Cc1nc(C(C)(C)NC(=O)c2cccc(S(=O)(=O)NCc3ccccc3)c2)no1. The van der Waals surface area contributed by atoms with Gasteiger partial charge in [-0.05, 0) is 37.6 Å². The average molecular weight is 414 g/mol. The number of rotatable bonds is 7. The number of nitrogens with one attached hydrogen (secondary N) is 2. The molecule has 8 nitrogen and oxygen atoms in total. The van der Waals surface area contributed by atoms with E-state index in [0.29, 0.717) is 11.7 Å². The number of aromatic nitrogens is 2. The van der Waals surface area contributed by atoms with Crippen molar-refractivity contribution in [3.8, 4) is 0 Å². The van der Waals surface area contributed by atoms with Crippen molar-refractivity contribution in [2.45, 2.75) is 37.8 Å². The van der Waals surface area contributed by atoms with E-state index in [2.05, 4.69) is 20.2 Å². The first-order valence-electron chi connectivity index (χ1n) is 8.94. The molecule has 152 valence electrons. The van der Waals surface area contributed by atoms with E-state index in [1.54, 1.807) is 26.8 Å². The zero-order chi connectivity index (χ0) is 21.1. The van der Waals surface area contributed by atoms with Gasteiger partial charge in [-0.3, -0.25) is 4.79 Å². The minimum absolute atomic E-state index is 0.00860. The van der Waals surface area contributed by atoms with Gasteiger partial charge in [-0.15, -0.1) is 0 Å². The second-order valence-electron chi connectivity index (χ2n) is 7.05. The molecule has 3 aromatic rings. The molecular formula is C20H22N4O4S. The Bertz CT molecular complexity index is 1110. The van der Waals surface area contributed by atoms with Gasteiger partial charge in [-0.1, -0.05) is 41.6 Å². The summed E-state index contributed by atoms with van der Waals surface area (Å²) in [5.41, 5.74) is 0.151. The third kappa shape index (κ3) is 5.07. The number of sulfonamides is 1. The summed E-state index contributed by atoms with van der Waals surface area (Å²) in [6.07, 6.45) is 0. The maximum atomic E-state index is 12.7. The van der Waals surface area contributed by atoms with Crippen molar-refractivity contribution >= 4 is 15.9 Å². The fourth-order valence-corrected chi connectivity index (χ4v) is 3.69. The molecule has 0 bridgehead atoms. The highest BCUT2D eigenvalue weighted by atomic mass is 32.2. The molecule has 29 heavy (non-hydrogen) atoms. The lowest BCUT2D eigenvalue weighted by Gasteiger charge is -2.22. The molecule has 0 aliphatic carbocycles. The summed E-state index contributed by atoms with van der Waals surface area (Å²) in [4.78, 5) is 16.8. The van der Waals surface area contributed by atoms with Gasteiger partial charge < -0.3 is 9.84 Å². The van der Waals surface area contributed by atoms with Crippen LogP contribution in [0.2, 0.25) is 0 Å². The van der Waals surface area contributed by atoms with E-state index in [0.717, 1.165) is 5.56 Å². The van der Waals surface area contributed by atoms with Crippen molar-refractivity contribution in [3.63, 3.8) is 0 Å². The van der Waals surface area contributed by atoms with Crippen LogP contribution in [0.1, 0.15) is 41.5 Å². The third-order valence-corrected chi connectivity index (χ3v) is 5.63. The first kappa shape index (κ1) is 20.7. The van der Waals surface area contributed by atoms with Crippen LogP contribution in [0.3, 0.4) is 0 Å². The van der Waals surface area contributed by atoms with E-state index >= 15 is 0 Å². The number of carbonyl (C=O) groups excluding carboxylic acids is 1. The van der Waals surface area contributed by atoms with Crippen LogP contribution in [0.25, 0.3) is 0 Å². The molecule has 0 fully saturated rings. The molecule has 0 spiro atoms. The number of carbonyl (C=O) groups is 1. The van der Waals surface area contributed by atoms with Gasteiger partial charge in [-0.25, -0.2) is 13.1 Å². The summed E-state index contributed by atoms with van der Waals surface area (Å²) in [5, 5.41) is 6.64. The topological polar surface area (TPSA) is 114 Å². The zero-order valence-corrected chi connectivity index (χ0v) is 17.2. The number of amides is 1. The number of benzene rings is 2. The molecule has 0 atom stereocenters. The fourth-order valence-electron chi connectivity index (χ4n) is 2.63. The Hall–Kier alpha value is -3.04. The van der Waals surface area contributed by atoms with Crippen molar-refractivity contribution in [2.24, 2.45) is 0 Å². The van der Waals surface area contributed by atoms with Gasteiger partial charge in [0.05, 0.1) is 10.4 Å². The first-order chi connectivity index (χ1) is 13.7. The van der Waals surface area contributed by atoms with Crippen molar-refractivity contribution < 1.29 is 17.7 Å². The van der Waals surface area contributed by atoms with Crippen LogP contribution >= 0.6 is 0 Å². The number of hydrogen-bond acceptors (Lipinski definition) is 6. The van der Waals surface area contributed by atoms with Gasteiger partial charge in [0.2, 0.25) is 15.9 Å². The van der Waals surface area contributed by atoms with Crippen molar-refractivity contribution in [2.75, 3.05) is 0 Å². The summed E-state index contributed by atoms with van der Waals surface area (Å²) in [6.45, 7) is 5.28. The van der Waals surface area contributed by atoms with Gasteiger partial charge in [-0.2, -0.15) is 4.98 Å². The minimum atomic E-state index is -3.78. The zero-order valence-electron chi connectivity index (χ0n) is 16.3. The molecule has 0 aliphatic heterocycles. The van der Waals surface area contributed by atoms with Crippen LogP contribution < -0.4 is 10.0 Å². The largest absolute Gasteiger partial charge is 0.340 e. The van der Waals surface area contributed by atoms with Gasteiger partial charge in [0.15, 0.2) is 5.82 Å². The van der Waals surface area contributed by atoms with Gasteiger partial charge in [0.1, 0.15) is 0 Å². The number of nitrogens with zero attached hydrogens (tertiary/aromatic N) is 2. The van der Waals surface area contributed by atoms with Crippen LogP contribution in [0.4, 0.5) is 0 Å². The molecule has 9 heteroatoms. The predicted octanol–water partition coefficient (Wildman–Crippen LogP) is 2.52. The third-order valence-electron chi connectivity index (χ3n) is 4.23. The molecule has 0 saturated carbocycles. The standard InChI is InChI=1S/C20H22N4O4S/c1-14-22-19(24-28-14)20(2,3)23-18(25)16-10-7-11-17(12-16)29(26,27)21-13-15-8-5-4-6-9-15/h4-12,21H,13H2,1-3H3,(H,23,25). The van der Waals surface area contributed by atoms with Crippen LogP contribution in [0.5, 0.6) is 0 Å². The van der Waals surface area contributed by atoms with Crippen LogP contribution in [0.15, 0.2) is 64.0 Å². The average Bonchev–Trinajstić information content (AvgIpc) is 3.14. The van der Waals surface area contributed by atoms with Crippen molar-refractivity contribution in [1.82, 2.24) is 20.2 Å². The molecule has 2 N–H and O–H groups in total. The maximum absolute atomic E-state index is 12.7. The lowest BCUT2D eigenvalue weighted by atomic mass is 10.0. The van der Waals surface area contributed by atoms with Crippen molar-refractivity contribution in [3.05, 3.63) is 77.4 Å². The monoisotopic (exact) mass is 414 g/mol. The summed E-state index contributed by atoms with van der Waals surface area (Å²) in [5.74, 6) is 0.272. The Labute approximate surface area is 169 Å². The molecule has 2 aromatic carbocycles. The van der Waals surface area contributed by atoms with Gasteiger partial charge in [0.25, 0.3) is 5.91 Å². The minimum Gasteiger partial charge on any atom is -0.340 e. The van der Waals surface area contributed by atoms with Gasteiger partial charge >= 0.3 is 0 Å². The van der Waals surface area contributed by atoms with E-state index in [1.807, 2.05) is 30.3 Å². The summed E-state index contributed by atoms with van der Waals surface area (Å²) < 4.78 is 32.7. The predicted molar refractivity (Wildman–Crippen MR) is 106 cm³/mol. The summed E-state index contributed by atoms with van der Waals surface area (Å²) in [7, 11) is -3.78.